The fraction of sp³-hybridized carbons (Fsp3) is 0.294. The molecule has 0 saturated heterocycles. The summed E-state index contributed by atoms with van der Waals surface area (Å²) in [6.07, 6.45) is 4.52. The molecule has 0 saturated carbocycles. The summed E-state index contributed by atoms with van der Waals surface area (Å²) in [5, 5.41) is 23.9. The van der Waals surface area contributed by atoms with Crippen molar-refractivity contribution in [3.8, 4) is 0 Å². The summed E-state index contributed by atoms with van der Waals surface area (Å²) in [6, 6.07) is 4.70. The van der Waals surface area contributed by atoms with Gasteiger partial charge in [0.1, 0.15) is 5.76 Å². The van der Waals surface area contributed by atoms with Crippen molar-refractivity contribution in [2.24, 2.45) is 0 Å². The maximum atomic E-state index is 12.5. The van der Waals surface area contributed by atoms with Crippen LogP contribution in [0, 0.1) is 10.1 Å². The molecule has 0 unspecified atom stereocenters. The number of hydrogen-bond donors (Lipinski definition) is 2. The van der Waals surface area contributed by atoms with Crippen molar-refractivity contribution < 1.29 is 18.9 Å². The largest absolute Gasteiger partial charge is 0.467 e. The molecule has 0 bridgehead atoms. The Kier molecular flexibility index (Phi) is 6.02. The van der Waals surface area contributed by atoms with Gasteiger partial charge >= 0.3 is 5.82 Å². The molecule has 3 rings (SSSR count). The predicted molar refractivity (Wildman–Crippen MR) is 99.9 cm³/mol. The third kappa shape index (κ3) is 5.06. The van der Waals surface area contributed by atoms with E-state index in [1.165, 1.54) is 27.9 Å². The number of aryl methyl sites for hydroxylation is 2. The van der Waals surface area contributed by atoms with Crippen molar-refractivity contribution in [1.82, 2.24) is 24.9 Å². The molecule has 0 aliphatic rings. The van der Waals surface area contributed by atoms with Crippen molar-refractivity contribution >= 4 is 23.3 Å². The van der Waals surface area contributed by atoms with E-state index in [1.54, 1.807) is 18.3 Å². The second kappa shape index (κ2) is 8.82. The molecule has 0 aliphatic heterocycles. The number of nitrogens with zero attached hydrogens (tertiary/aromatic N) is 5. The van der Waals surface area contributed by atoms with Gasteiger partial charge in [-0.25, -0.2) is 0 Å². The van der Waals surface area contributed by atoms with Crippen molar-refractivity contribution in [3.05, 3.63) is 58.4 Å². The van der Waals surface area contributed by atoms with Crippen LogP contribution in [0.3, 0.4) is 0 Å². The highest BCUT2D eigenvalue weighted by atomic mass is 16.6. The van der Waals surface area contributed by atoms with Crippen LogP contribution >= 0.6 is 0 Å². The van der Waals surface area contributed by atoms with E-state index in [2.05, 4.69) is 20.8 Å². The number of nitro groups is 1. The highest BCUT2D eigenvalue weighted by Gasteiger charge is 2.19. The number of aromatic nitrogens is 4. The molecule has 0 aliphatic carbocycles. The maximum absolute atomic E-state index is 12.5. The van der Waals surface area contributed by atoms with Gasteiger partial charge < -0.3 is 25.2 Å². The molecule has 12 nitrogen and oxygen atoms in total. The van der Waals surface area contributed by atoms with Gasteiger partial charge in [-0.05, 0) is 24.0 Å². The van der Waals surface area contributed by atoms with Crippen molar-refractivity contribution in [2.75, 3.05) is 5.32 Å². The number of carbonyl (C=O) groups excluding carboxylic acids is 2. The summed E-state index contributed by atoms with van der Waals surface area (Å²) in [4.78, 5) is 34.8. The molecule has 3 heterocycles. The Hall–Kier alpha value is -3.96. The molecule has 0 aromatic carbocycles. The van der Waals surface area contributed by atoms with Gasteiger partial charge in [-0.3, -0.25) is 14.3 Å². The third-order valence-electron chi connectivity index (χ3n) is 3.96. The van der Waals surface area contributed by atoms with Gasteiger partial charge in [-0.2, -0.15) is 9.78 Å². The van der Waals surface area contributed by atoms with Crippen LogP contribution in [0.15, 0.2) is 41.3 Å². The van der Waals surface area contributed by atoms with Crippen LogP contribution < -0.4 is 10.6 Å². The minimum absolute atomic E-state index is 0.0175. The normalized spacial score (nSPS) is 10.7. The third-order valence-corrected chi connectivity index (χ3v) is 3.96. The summed E-state index contributed by atoms with van der Waals surface area (Å²) in [5.74, 6) is -0.525. The number of amides is 2. The number of hydrogen-bond acceptors (Lipinski definition) is 7. The quantitative estimate of drug-likeness (QED) is 0.408. The van der Waals surface area contributed by atoms with E-state index in [9.17, 15) is 19.7 Å². The summed E-state index contributed by atoms with van der Waals surface area (Å²) in [7, 11) is 0. The molecule has 152 valence electrons. The zero-order valence-electron chi connectivity index (χ0n) is 15.6. The first-order valence-corrected chi connectivity index (χ1v) is 8.82. The minimum Gasteiger partial charge on any atom is -0.467 e. The van der Waals surface area contributed by atoms with E-state index in [-0.39, 0.29) is 42.6 Å². The predicted octanol–water partition coefficient (Wildman–Crippen LogP) is 1.56. The van der Waals surface area contributed by atoms with Crippen LogP contribution in [-0.4, -0.2) is 36.3 Å². The topological polar surface area (TPSA) is 150 Å². The Balaban J connectivity index is 1.61. The average molecular weight is 401 g/mol. The van der Waals surface area contributed by atoms with Crippen LogP contribution in [0.1, 0.15) is 29.6 Å². The summed E-state index contributed by atoms with van der Waals surface area (Å²) in [5.41, 5.74) is 0.363. The number of anilines is 1. The molecule has 0 fully saturated rings. The van der Waals surface area contributed by atoms with E-state index in [4.69, 9.17) is 4.42 Å². The second-order valence-corrected chi connectivity index (χ2v) is 6.00. The molecule has 29 heavy (non-hydrogen) atoms. The SMILES string of the molecule is CCn1cc(NC(=O)CCn2ccc([N+](=O)[O-])n2)c(C(=O)NCc2ccco2)n1. The molecule has 2 amide bonds. The van der Waals surface area contributed by atoms with Crippen molar-refractivity contribution in [2.45, 2.75) is 33.0 Å². The Morgan fingerprint density at radius 3 is 2.76 bits per heavy atom. The fourth-order valence-electron chi connectivity index (χ4n) is 2.51. The van der Waals surface area contributed by atoms with Gasteiger partial charge in [0.25, 0.3) is 5.91 Å². The van der Waals surface area contributed by atoms with E-state index >= 15 is 0 Å². The van der Waals surface area contributed by atoms with Gasteiger partial charge in [0.15, 0.2) is 5.69 Å². The molecule has 2 N–H and O–H groups in total. The number of nitrogens with one attached hydrogen (secondary N) is 2. The Morgan fingerprint density at radius 2 is 2.10 bits per heavy atom. The van der Waals surface area contributed by atoms with Gasteiger partial charge in [-0.15, -0.1) is 0 Å². The van der Waals surface area contributed by atoms with Crippen molar-refractivity contribution in [1.29, 1.82) is 0 Å². The van der Waals surface area contributed by atoms with Crippen molar-refractivity contribution in [3.63, 3.8) is 0 Å². The van der Waals surface area contributed by atoms with Gasteiger partial charge in [0.05, 0.1) is 42.4 Å². The van der Waals surface area contributed by atoms with Crippen LogP contribution in [-0.2, 0) is 24.4 Å². The minimum atomic E-state index is -0.608. The van der Waals surface area contributed by atoms with E-state index in [0.29, 0.717) is 12.3 Å². The monoisotopic (exact) mass is 401 g/mol. The molecule has 0 spiro atoms. The zero-order chi connectivity index (χ0) is 20.8. The van der Waals surface area contributed by atoms with Crippen LogP contribution in [0.5, 0.6) is 0 Å². The first-order chi connectivity index (χ1) is 14.0. The molecular weight excluding hydrogens is 382 g/mol. The summed E-state index contributed by atoms with van der Waals surface area (Å²) >= 11 is 0. The van der Waals surface area contributed by atoms with Crippen LogP contribution in [0.4, 0.5) is 11.5 Å². The van der Waals surface area contributed by atoms with E-state index in [1.807, 2.05) is 6.92 Å². The first-order valence-electron chi connectivity index (χ1n) is 8.82. The summed E-state index contributed by atoms with van der Waals surface area (Å²) in [6.45, 7) is 2.72. The van der Waals surface area contributed by atoms with Gasteiger partial charge in [0.2, 0.25) is 5.91 Å². The lowest BCUT2D eigenvalue weighted by atomic mass is 10.3. The highest BCUT2D eigenvalue weighted by Crippen LogP contribution is 2.15. The van der Waals surface area contributed by atoms with Gasteiger partial charge in [0, 0.05) is 19.2 Å². The molecule has 12 heteroatoms. The van der Waals surface area contributed by atoms with Gasteiger partial charge in [-0.1, -0.05) is 0 Å². The number of rotatable bonds is 9. The lowest BCUT2D eigenvalue weighted by Gasteiger charge is -2.05. The van der Waals surface area contributed by atoms with E-state index < -0.39 is 10.8 Å². The molecule has 0 atom stereocenters. The standard InChI is InChI=1S/C17H19N7O5/c1-2-22-11-13(16(21-22)17(26)18-10-12-4-3-9-29-12)19-15(25)6-8-23-7-5-14(20-23)24(27)28/h3-5,7,9,11H,2,6,8,10H2,1H3,(H,18,26)(H,19,25). The lowest BCUT2D eigenvalue weighted by Crippen LogP contribution is -2.25. The number of furan rings is 1. The zero-order valence-corrected chi connectivity index (χ0v) is 15.6. The first kappa shape index (κ1) is 19.8. The number of carbonyl (C=O) groups is 2. The van der Waals surface area contributed by atoms with Crippen LogP contribution in [0.25, 0.3) is 0 Å². The Bertz CT molecular complexity index is 1010. The lowest BCUT2D eigenvalue weighted by molar-refractivity contribution is -0.389. The van der Waals surface area contributed by atoms with E-state index in [0.717, 1.165) is 0 Å². The Morgan fingerprint density at radius 1 is 1.28 bits per heavy atom. The smallest absolute Gasteiger partial charge is 0.389 e. The molecule has 3 aromatic rings. The average Bonchev–Trinajstić information content (AvgIpc) is 3.44. The molecule has 0 radical (unpaired) electrons. The molecular formula is C17H19N7O5. The molecule has 3 aromatic heterocycles. The highest BCUT2D eigenvalue weighted by molar-refractivity contribution is 6.02. The Labute approximate surface area is 164 Å². The van der Waals surface area contributed by atoms with Crippen LogP contribution in [0.2, 0.25) is 0 Å². The summed E-state index contributed by atoms with van der Waals surface area (Å²) < 4.78 is 8.02. The second-order valence-electron chi connectivity index (χ2n) is 6.00. The maximum Gasteiger partial charge on any atom is 0.389 e. The fourth-order valence-corrected chi connectivity index (χ4v) is 2.51.